The summed E-state index contributed by atoms with van der Waals surface area (Å²) in [6, 6.07) is 10.4. The van der Waals surface area contributed by atoms with Crippen molar-refractivity contribution in [3.05, 3.63) is 53.0 Å². The first-order chi connectivity index (χ1) is 9.95. The van der Waals surface area contributed by atoms with Crippen molar-refractivity contribution in [1.82, 2.24) is 14.5 Å². The molecule has 0 bridgehead atoms. The summed E-state index contributed by atoms with van der Waals surface area (Å²) >= 11 is 6.34. The van der Waals surface area contributed by atoms with Crippen molar-refractivity contribution in [2.75, 3.05) is 0 Å². The molecule has 0 radical (unpaired) electrons. The molecule has 3 aromatic rings. The van der Waals surface area contributed by atoms with E-state index in [9.17, 15) is 0 Å². The van der Waals surface area contributed by atoms with Gasteiger partial charge in [0, 0.05) is 11.4 Å². The highest BCUT2D eigenvalue weighted by molar-refractivity contribution is 6.20. The second-order valence-electron chi connectivity index (χ2n) is 5.56. The molecule has 1 aromatic carbocycles. The molecule has 1 atom stereocenters. The third kappa shape index (κ3) is 2.54. The number of hydrogen-bond acceptors (Lipinski definition) is 2. The fraction of sp³-hybridized carbons (Fsp3) is 0.294. The molecule has 108 valence electrons. The molecule has 1 unspecified atom stereocenters. The van der Waals surface area contributed by atoms with Gasteiger partial charge in [-0.2, -0.15) is 0 Å². The largest absolute Gasteiger partial charge is 0.279 e. The van der Waals surface area contributed by atoms with Gasteiger partial charge in [0.1, 0.15) is 11.3 Å². The van der Waals surface area contributed by atoms with Crippen LogP contribution in [0.1, 0.15) is 34.9 Å². The highest BCUT2D eigenvalue weighted by atomic mass is 35.5. The van der Waals surface area contributed by atoms with Gasteiger partial charge in [0.2, 0.25) is 0 Å². The monoisotopic (exact) mass is 299 g/mol. The summed E-state index contributed by atoms with van der Waals surface area (Å²) in [6.45, 7) is 8.12. The fourth-order valence-corrected chi connectivity index (χ4v) is 2.82. The Kier molecular flexibility index (Phi) is 3.46. The lowest BCUT2D eigenvalue weighted by atomic mass is 10.1. The molecule has 0 amide bonds. The predicted octanol–water partition coefficient (Wildman–Crippen LogP) is 4.65. The Hall–Kier alpha value is -1.87. The average molecular weight is 300 g/mol. The topological polar surface area (TPSA) is 30.7 Å². The number of halogens is 1. The molecular weight excluding hydrogens is 282 g/mol. The molecule has 3 nitrogen and oxygen atoms in total. The summed E-state index contributed by atoms with van der Waals surface area (Å²) in [4.78, 5) is 9.31. The number of pyridine rings is 1. The van der Waals surface area contributed by atoms with E-state index in [0.29, 0.717) is 0 Å². The third-order valence-electron chi connectivity index (χ3n) is 3.49. The number of fused-ring (bicyclic) bond motifs is 1. The molecule has 3 rings (SSSR count). The minimum absolute atomic E-state index is 0.180. The molecule has 0 aliphatic heterocycles. The highest BCUT2D eigenvalue weighted by Gasteiger charge is 2.17. The number of imidazole rings is 1. The first-order valence-corrected chi connectivity index (χ1v) is 7.48. The molecule has 0 saturated carbocycles. The summed E-state index contributed by atoms with van der Waals surface area (Å²) in [5, 5.41) is -0.180. The Morgan fingerprint density at radius 1 is 1.00 bits per heavy atom. The molecule has 0 aliphatic carbocycles. The van der Waals surface area contributed by atoms with E-state index in [1.54, 1.807) is 0 Å². The zero-order chi connectivity index (χ0) is 15.1. The molecule has 2 heterocycles. The summed E-state index contributed by atoms with van der Waals surface area (Å²) in [7, 11) is 0. The smallest absolute Gasteiger partial charge is 0.164 e. The minimum Gasteiger partial charge on any atom is -0.279 e. The van der Waals surface area contributed by atoms with Crippen molar-refractivity contribution in [2.24, 2.45) is 0 Å². The predicted molar refractivity (Wildman–Crippen MR) is 87.3 cm³/mol. The van der Waals surface area contributed by atoms with Gasteiger partial charge in [-0.1, -0.05) is 6.07 Å². The molecule has 0 fully saturated rings. The van der Waals surface area contributed by atoms with Crippen molar-refractivity contribution in [3.8, 4) is 5.69 Å². The maximum absolute atomic E-state index is 6.34. The van der Waals surface area contributed by atoms with E-state index in [0.717, 1.165) is 28.4 Å². The maximum Gasteiger partial charge on any atom is 0.164 e. The van der Waals surface area contributed by atoms with Crippen LogP contribution in [0, 0.1) is 20.8 Å². The molecule has 2 aromatic heterocycles. The van der Waals surface area contributed by atoms with Gasteiger partial charge in [-0.25, -0.2) is 9.97 Å². The van der Waals surface area contributed by atoms with Gasteiger partial charge in [0.15, 0.2) is 5.65 Å². The van der Waals surface area contributed by atoms with E-state index in [4.69, 9.17) is 11.6 Å². The van der Waals surface area contributed by atoms with Crippen molar-refractivity contribution in [1.29, 1.82) is 0 Å². The Morgan fingerprint density at radius 2 is 1.67 bits per heavy atom. The van der Waals surface area contributed by atoms with Crippen molar-refractivity contribution in [3.63, 3.8) is 0 Å². The van der Waals surface area contributed by atoms with Crippen LogP contribution in [0.5, 0.6) is 0 Å². The van der Waals surface area contributed by atoms with Crippen molar-refractivity contribution >= 4 is 22.8 Å². The second kappa shape index (κ2) is 5.15. The first-order valence-electron chi connectivity index (χ1n) is 7.04. The SMILES string of the molecule is Cc1cc(C)cc(-n2c(C(C)Cl)nc3ccc(C)nc32)c1. The molecule has 0 saturated heterocycles. The van der Waals surface area contributed by atoms with Crippen LogP contribution in [0.25, 0.3) is 16.9 Å². The van der Waals surface area contributed by atoms with Gasteiger partial charge < -0.3 is 0 Å². The van der Waals surface area contributed by atoms with E-state index in [-0.39, 0.29) is 5.38 Å². The highest BCUT2D eigenvalue weighted by Crippen LogP contribution is 2.28. The lowest BCUT2D eigenvalue weighted by molar-refractivity contribution is 0.874. The molecular formula is C17H18ClN3. The van der Waals surface area contributed by atoms with Crippen LogP contribution in [0.3, 0.4) is 0 Å². The normalized spacial score (nSPS) is 12.8. The number of rotatable bonds is 2. The first kappa shape index (κ1) is 14.1. The van der Waals surface area contributed by atoms with Crippen LogP contribution in [0.2, 0.25) is 0 Å². The minimum atomic E-state index is -0.180. The van der Waals surface area contributed by atoms with E-state index >= 15 is 0 Å². The number of nitrogens with zero attached hydrogens (tertiary/aromatic N) is 3. The zero-order valence-corrected chi connectivity index (χ0v) is 13.4. The summed E-state index contributed by atoms with van der Waals surface area (Å²) < 4.78 is 2.07. The van der Waals surface area contributed by atoms with Gasteiger partial charge in [0.25, 0.3) is 0 Å². The molecule has 4 heteroatoms. The van der Waals surface area contributed by atoms with Crippen molar-refractivity contribution < 1.29 is 0 Å². The van der Waals surface area contributed by atoms with Crippen molar-refractivity contribution in [2.45, 2.75) is 33.1 Å². The lowest BCUT2D eigenvalue weighted by Crippen LogP contribution is -2.03. The van der Waals surface area contributed by atoms with Crippen LogP contribution >= 0.6 is 11.6 Å². The Bertz CT molecular complexity index is 798. The zero-order valence-electron chi connectivity index (χ0n) is 12.7. The van der Waals surface area contributed by atoms with Crippen LogP contribution in [0.15, 0.2) is 30.3 Å². The number of benzene rings is 1. The number of aryl methyl sites for hydroxylation is 3. The van der Waals surface area contributed by atoms with E-state index in [2.05, 4.69) is 46.6 Å². The van der Waals surface area contributed by atoms with Gasteiger partial charge >= 0.3 is 0 Å². The lowest BCUT2D eigenvalue weighted by Gasteiger charge is -2.12. The molecule has 0 N–H and O–H groups in total. The quantitative estimate of drug-likeness (QED) is 0.645. The van der Waals surface area contributed by atoms with Gasteiger partial charge in [0.05, 0.1) is 5.38 Å². The Labute approximate surface area is 129 Å². The van der Waals surface area contributed by atoms with Crippen LogP contribution < -0.4 is 0 Å². The summed E-state index contributed by atoms with van der Waals surface area (Å²) in [5.41, 5.74) is 6.21. The second-order valence-corrected chi connectivity index (χ2v) is 6.22. The fourth-order valence-electron chi connectivity index (χ4n) is 2.67. The van der Waals surface area contributed by atoms with E-state index in [1.807, 2.05) is 26.0 Å². The Balaban J connectivity index is 2.38. The number of alkyl halides is 1. The van der Waals surface area contributed by atoms with E-state index < -0.39 is 0 Å². The summed E-state index contributed by atoms with van der Waals surface area (Å²) in [5.74, 6) is 0.828. The standard InChI is InChI=1S/C17H18ClN3/c1-10-7-11(2)9-14(8-10)21-16(13(4)18)20-15-6-5-12(3)19-17(15)21/h5-9,13H,1-4H3. The van der Waals surface area contributed by atoms with Crippen LogP contribution in [-0.2, 0) is 0 Å². The summed E-state index contributed by atoms with van der Waals surface area (Å²) in [6.07, 6.45) is 0. The van der Waals surface area contributed by atoms with Gasteiger partial charge in [-0.15, -0.1) is 11.6 Å². The number of hydrogen-bond donors (Lipinski definition) is 0. The van der Waals surface area contributed by atoms with Gasteiger partial charge in [-0.3, -0.25) is 4.57 Å². The third-order valence-corrected chi connectivity index (χ3v) is 3.69. The van der Waals surface area contributed by atoms with Crippen LogP contribution in [-0.4, -0.2) is 14.5 Å². The number of aromatic nitrogens is 3. The van der Waals surface area contributed by atoms with Crippen LogP contribution in [0.4, 0.5) is 0 Å². The average Bonchev–Trinajstić information content (AvgIpc) is 2.76. The maximum atomic E-state index is 6.34. The molecule has 21 heavy (non-hydrogen) atoms. The van der Waals surface area contributed by atoms with E-state index in [1.165, 1.54) is 11.1 Å². The van der Waals surface area contributed by atoms with Gasteiger partial charge in [-0.05, 0) is 63.1 Å². The Morgan fingerprint density at radius 3 is 2.29 bits per heavy atom. The molecule has 0 spiro atoms. The molecule has 0 aliphatic rings.